The molecule has 1 fully saturated rings. The standard InChI is InChI=1S/C20H25BrN2O3/c1-25-19-8-4-17(5-9-19)23-12-10-22(11-13-23)14-18(24)15-26-20-6-2-16(21)3-7-20/h2-9,18,24H,10-15H2,1H3/p+1/t18-/m1/s1. The van der Waals surface area contributed by atoms with Crippen molar-refractivity contribution in [3.05, 3.63) is 53.0 Å². The lowest BCUT2D eigenvalue weighted by Crippen LogP contribution is -3.16. The van der Waals surface area contributed by atoms with E-state index < -0.39 is 6.10 Å². The topological polar surface area (TPSA) is 46.4 Å². The third-order valence-electron chi connectivity index (χ3n) is 4.69. The molecule has 26 heavy (non-hydrogen) atoms. The largest absolute Gasteiger partial charge is 0.497 e. The van der Waals surface area contributed by atoms with Gasteiger partial charge in [0.25, 0.3) is 0 Å². The fourth-order valence-corrected chi connectivity index (χ4v) is 3.46. The second kappa shape index (κ2) is 9.26. The van der Waals surface area contributed by atoms with Crippen LogP contribution in [0.15, 0.2) is 53.0 Å². The molecule has 0 saturated carbocycles. The summed E-state index contributed by atoms with van der Waals surface area (Å²) in [5.74, 6) is 1.67. The Kier molecular flexibility index (Phi) is 6.77. The van der Waals surface area contributed by atoms with Gasteiger partial charge in [-0.3, -0.25) is 0 Å². The number of aliphatic hydroxyl groups excluding tert-OH is 1. The average molecular weight is 422 g/mol. The lowest BCUT2D eigenvalue weighted by Gasteiger charge is -2.34. The molecule has 0 spiro atoms. The smallest absolute Gasteiger partial charge is 0.137 e. The summed E-state index contributed by atoms with van der Waals surface area (Å²) in [6.07, 6.45) is -0.457. The third-order valence-corrected chi connectivity index (χ3v) is 5.22. The Balaban J connectivity index is 1.40. The maximum Gasteiger partial charge on any atom is 0.137 e. The van der Waals surface area contributed by atoms with Crippen LogP contribution >= 0.6 is 15.9 Å². The molecule has 3 rings (SSSR count). The van der Waals surface area contributed by atoms with Crippen molar-refractivity contribution in [1.29, 1.82) is 0 Å². The quantitative estimate of drug-likeness (QED) is 0.712. The number of nitrogens with one attached hydrogen (secondary N) is 1. The van der Waals surface area contributed by atoms with Gasteiger partial charge in [0.2, 0.25) is 0 Å². The maximum atomic E-state index is 10.3. The first kappa shape index (κ1) is 19.0. The van der Waals surface area contributed by atoms with Crippen LogP contribution in [0.2, 0.25) is 0 Å². The number of hydrogen-bond acceptors (Lipinski definition) is 4. The molecule has 2 aromatic carbocycles. The fraction of sp³-hybridized carbons (Fsp3) is 0.400. The van der Waals surface area contributed by atoms with Crippen molar-refractivity contribution in [2.24, 2.45) is 0 Å². The number of piperazine rings is 1. The van der Waals surface area contributed by atoms with Gasteiger partial charge in [-0.05, 0) is 48.5 Å². The monoisotopic (exact) mass is 421 g/mol. The molecule has 1 aliphatic rings. The highest BCUT2D eigenvalue weighted by molar-refractivity contribution is 9.10. The molecule has 0 unspecified atom stereocenters. The van der Waals surface area contributed by atoms with Gasteiger partial charge >= 0.3 is 0 Å². The number of rotatable bonds is 7. The summed E-state index contributed by atoms with van der Waals surface area (Å²) in [6, 6.07) is 15.9. The van der Waals surface area contributed by atoms with Gasteiger partial charge in [0.15, 0.2) is 0 Å². The van der Waals surface area contributed by atoms with Crippen LogP contribution in [0.3, 0.4) is 0 Å². The summed E-state index contributed by atoms with van der Waals surface area (Å²) < 4.78 is 11.9. The molecular weight excluding hydrogens is 396 g/mol. The lowest BCUT2D eigenvalue weighted by atomic mass is 10.2. The molecule has 1 saturated heterocycles. The Morgan fingerprint density at radius 3 is 2.27 bits per heavy atom. The van der Waals surface area contributed by atoms with E-state index in [0.717, 1.165) is 42.2 Å². The Labute approximate surface area is 163 Å². The molecule has 2 N–H and O–H groups in total. The van der Waals surface area contributed by atoms with E-state index >= 15 is 0 Å². The van der Waals surface area contributed by atoms with Gasteiger partial charge in [-0.1, -0.05) is 15.9 Å². The van der Waals surface area contributed by atoms with E-state index in [1.54, 1.807) is 7.11 Å². The highest BCUT2D eigenvalue weighted by Crippen LogP contribution is 2.19. The molecule has 1 atom stereocenters. The van der Waals surface area contributed by atoms with Crippen LogP contribution in [0, 0.1) is 0 Å². The fourth-order valence-electron chi connectivity index (χ4n) is 3.19. The number of benzene rings is 2. The van der Waals surface area contributed by atoms with Crippen molar-refractivity contribution in [3.63, 3.8) is 0 Å². The van der Waals surface area contributed by atoms with Gasteiger partial charge in [-0.2, -0.15) is 0 Å². The molecule has 0 radical (unpaired) electrons. The molecule has 0 bridgehead atoms. The van der Waals surface area contributed by atoms with E-state index in [0.29, 0.717) is 13.2 Å². The molecule has 140 valence electrons. The zero-order valence-corrected chi connectivity index (χ0v) is 16.6. The Morgan fingerprint density at radius 1 is 1.04 bits per heavy atom. The molecule has 2 aromatic rings. The Morgan fingerprint density at radius 2 is 1.65 bits per heavy atom. The first-order chi connectivity index (χ1) is 12.6. The molecular formula is C20H26BrN2O3+. The van der Waals surface area contributed by atoms with Crippen molar-refractivity contribution >= 4 is 21.6 Å². The van der Waals surface area contributed by atoms with E-state index in [-0.39, 0.29) is 0 Å². The summed E-state index contributed by atoms with van der Waals surface area (Å²) >= 11 is 3.40. The van der Waals surface area contributed by atoms with E-state index in [9.17, 15) is 5.11 Å². The molecule has 1 aliphatic heterocycles. The lowest BCUT2D eigenvalue weighted by molar-refractivity contribution is -0.903. The van der Waals surface area contributed by atoms with E-state index in [2.05, 4.69) is 33.0 Å². The molecule has 1 heterocycles. The zero-order chi connectivity index (χ0) is 18.4. The number of quaternary nitrogens is 1. The number of anilines is 1. The minimum Gasteiger partial charge on any atom is -0.497 e. The van der Waals surface area contributed by atoms with Gasteiger partial charge in [-0.25, -0.2) is 0 Å². The summed E-state index contributed by atoms with van der Waals surface area (Å²) in [5.41, 5.74) is 1.23. The van der Waals surface area contributed by atoms with Crippen LogP contribution in [-0.4, -0.2) is 57.7 Å². The summed E-state index contributed by atoms with van der Waals surface area (Å²) in [5, 5.41) is 10.3. The second-order valence-electron chi connectivity index (χ2n) is 6.56. The summed E-state index contributed by atoms with van der Waals surface area (Å²) in [7, 11) is 1.68. The van der Waals surface area contributed by atoms with Gasteiger partial charge < -0.3 is 24.4 Å². The average Bonchev–Trinajstić information content (AvgIpc) is 2.68. The molecule has 0 aromatic heterocycles. The van der Waals surface area contributed by atoms with Crippen LogP contribution in [0.4, 0.5) is 5.69 Å². The number of ether oxygens (including phenoxy) is 2. The molecule has 5 nitrogen and oxygen atoms in total. The summed E-state index contributed by atoms with van der Waals surface area (Å²) in [6.45, 7) is 5.05. The van der Waals surface area contributed by atoms with Crippen LogP contribution in [-0.2, 0) is 0 Å². The first-order valence-corrected chi connectivity index (χ1v) is 9.72. The maximum absolute atomic E-state index is 10.3. The first-order valence-electron chi connectivity index (χ1n) is 8.93. The minimum absolute atomic E-state index is 0.327. The van der Waals surface area contributed by atoms with Crippen molar-refractivity contribution < 1.29 is 19.5 Å². The SMILES string of the molecule is COc1ccc(N2CC[NH+](C[C@@H](O)COc3ccc(Br)cc3)CC2)cc1. The zero-order valence-electron chi connectivity index (χ0n) is 15.0. The van der Waals surface area contributed by atoms with Gasteiger partial charge in [0, 0.05) is 10.2 Å². The van der Waals surface area contributed by atoms with Gasteiger partial charge in [-0.15, -0.1) is 0 Å². The van der Waals surface area contributed by atoms with Gasteiger partial charge in [0.05, 0.1) is 33.3 Å². The third kappa shape index (κ3) is 5.37. The Bertz CT molecular complexity index is 670. The number of aliphatic hydroxyl groups is 1. The van der Waals surface area contributed by atoms with Crippen LogP contribution in [0.5, 0.6) is 11.5 Å². The number of methoxy groups -OCH3 is 1. The highest BCUT2D eigenvalue weighted by atomic mass is 79.9. The van der Waals surface area contributed by atoms with Crippen molar-refractivity contribution in [3.8, 4) is 11.5 Å². The van der Waals surface area contributed by atoms with Crippen molar-refractivity contribution in [1.82, 2.24) is 0 Å². The second-order valence-corrected chi connectivity index (χ2v) is 7.47. The van der Waals surface area contributed by atoms with Crippen LogP contribution < -0.4 is 19.3 Å². The van der Waals surface area contributed by atoms with E-state index in [1.165, 1.54) is 10.6 Å². The Hall–Kier alpha value is -1.76. The van der Waals surface area contributed by atoms with Crippen LogP contribution in [0.1, 0.15) is 0 Å². The van der Waals surface area contributed by atoms with Crippen molar-refractivity contribution in [2.45, 2.75) is 6.10 Å². The molecule has 6 heteroatoms. The van der Waals surface area contributed by atoms with Crippen molar-refractivity contribution in [2.75, 3.05) is 51.3 Å². The van der Waals surface area contributed by atoms with Gasteiger partial charge in [0.1, 0.15) is 30.8 Å². The predicted molar refractivity (Wildman–Crippen MR) is 106 cm³/mol. The normalized spacial score (nSPS) is 16.3. The number of halogens is 1. The van der Waals surface area contributed by atoms with Crippen LogP contribution in [0.25, 0.3) is 0 Å². The predicted octanol–water partition coefficient (Wildman–Crippen LogP) is 1.60. The van der Waals surface area contributed by atoms with E-state index in [1.807, 2.05) is 36.4 Å². The van der Waals surface area contributed by atoms with E-state index in [4.69, 9.17) is 9.47 Å². The highest BCUT2D eigenvalue weighted by Gasteiger charge is 2.22. The number of nitrogens with zero attached hydrogens (tertiary/aromatic N) is 1. The molecule has 0 amide bonds. The molecule has 0 aliphatic carbocycles. The minimum atomic E-state index is -0.457. The number of hydrogen-bond donors (Lipinski definition) is 2. The summed E-state index contributed by atoms with van der Waals surface area (Å²) in [4.78, 5) is 3.80.